The molecule has 0 saturated carbocycles. The Morgan fingerprint density at radius 2 is 1.53 bits per heavy atom. The maximum atomic E-state index is 13.8. The van der Waals surface area contributed by atoms with Crippen LogP contribution in [-0.2, 0) is 39.9 Å². The fourth-order valence-electron chi connectivity index (χ4n) is 8.08. The molecule has 0 spiro atoms. The molecule has 3 aliphatic heterocycles. The van der Waals surface area contributed by atoms with E-state index in [4.69, 9.17) is 23.9 Å². The first kappa shape index (κ1) is 46.8. The van der Waals surface area contributed by atoms with Crippen LogP contribution in [0.2, 0.25) is 0 Å². The van der Waals surface area contributed by atoms with Crippen LogP contribution in [0.3, 0.4) is 0 Å². The normalized spacial score (nSPS) is 20.3. The first-order valence-corrected chi connectivity index (χ1v) is 22.9. The number of hydrogen-bond acceptors (Lipinski definition) is 11. The molecule has 4 amide bonds. The zero-order valence-electron chi connectivity index (χ0n) is 36.0. The lowest BCUT2D eigenvalue weighted by atomic mass is 9.75. The van der Waals surface area contributed by atoms with Gasteiger partial charge >= 0.3 is 6.03 Å². The van der Waals surface area contributed by atoms with Crippen molar-refractivity contribution < 1.29 is 43.2 Å². The zero-order chi connectivity index (χ0) is 43.7. The second-order valence-corrected chi connectivity index (χ2v) is 17.9. The van der Waals surface area contributed by atoms with E-state index >= 15 is 0 Å². The molecule has 3 heterocycles. The van der Waals surface area contributed by atoms with Gasteiger partial charge in [-0.1, -0.05) is 62.4 Å². The minimum absolute atomic E-state index is 0.0188. The lowest BCUT2D eigenvalue weighted by Gasteiger charge is -2.30. The van der Waals surface area contributed by atoms with Gasteiger partial charge < -0.3 is 44.9 Å². The number of carbonyl (C=O) groups is 4. The van der Waals surface area contributed by atoms with E-state index < -0.39 is 0 Å². The molecule has 6 rings (SSSR count). The van der Waals surface area contributed by atoms with Crippen molar-refractivity contribution >= 4 is 46.8 Å². The molecule has 1 aliphatic carbocycles. The number of urea groups is 1. The average Bonchev–Trinajstić information content (AvgIpc) is 3.79. The number of anilines is 1. The van der Waals surface area contributed by atoms with Crippen molar-refractivity contribution in [1.82, 2.24) is 16.0 Å². The van der Waals surface area contributed by atoms with Gasteiger partial charge in [0.1, 0.15) is 5.76 Å². The topological polar surface area (TPSA) is 177 Å². The summed E-state index contributed by atoms with van der Waals surface area (Å²) in [5.41, 5.74) is 3.69. The smallest absolute Gasteiger partial charge is 0.315 e. The number of carbonyl (C=O) groups excluding carboxylic acids is 4. The molecule has 3 atom stereocenters. The molecular formula is C47H61N5O9S. The van der Waals surface area contributed by atoms with Gasteiger partial charge in [0.05, 0.1) is 88.5 Å². The summed E-state index contributed by atoms with van der Waals surface area (Å²) in [4.78, 5) is 57.3. The SMILES string of the molecule is CC1(C)CC(=O)C(C(CCOCCOCCOCCOCCNC(=O)CCCC[C@@H]2SC[C@@H]3NC(=O)N[C@@H]32)=NCCC(=O)N2Cc3ccccc3C#Cc3ccccc32)=C(O)C1. The van der Waals surface area contributed by atoms with Gasteiger partial charge in [0, 0.05) is 67.3 Å². The van der Waals surface area contributed by atoms with Crippen LogP contribution in [0.5, 0.6) is 0 Å². The molecule has 2 fully saturated rings. The number of hydrogen-bond donors (Lipinski definition) is 4. The molecule has 334 valence electrons. The van der Waals surface area contributed by atoms with Crippen LogP contribution < -0.4 is 20.9 Å². The molecule has 4 N–H and O–H groups in total. The van der Waals surface area contributed by atoms with Gasteiger partial charge in [-0.25, -0.2) is 4.79 Å². The fraction of sp³-hybridized carbons (Fsp3) is 0.553. The van der Waals surface area contributed by atoms with Gasteiger partial charge in [-0.3, -0.25) is 19.4 Å². The average molecular weight is 872 g/mol. The van der Waals surface area contributed by atoms with Crippen LogP contribution in [0, 0.1) is 17.3 Å². The van der Waals surface area contributed by atoms with Crippen LogP contribution in [-0.4, -0.2) is 123 Å². The van der Waals surface area contributed by atoms with Crippen molar-refractivity contribution in [3.05, 3.63) is 76.6 Å². The molecule has 0 bridgehead atoms. The number of aliphatic hydroxyl groups is 1. The fourth-order valence-corrected chi connectivity index (χ4v) is 9.63. The number of fused-ring (bicyclic) bond motifs is 3. The summed E-state index contributed by atoms with van der Waals surface area (Å²) in [5, 5.41) is 20.3. The zero-order valence-corrected chi connectivity index (χ0v) is 36.8. The lowest BCUT2D eigenvalue weighted by molar-refractivity contribution is -0.121. The van der Waals surface area contributed by atoms with Crippen molar-refractivity contribution in [1.29, 1.82) is 0 Å². The van der Waals surface area contributed by atoms with Gasteiger partial charge in [0.15, 0.2) is 5.78 Å². The molecule has 0 radical (unpaired) electrons. The molecule has 2 aromatic carbocycles. The van der Waals surface area contributed by atoms with E-state index in [1.165, 1.54) is 0 Å². The van der Waals surface area contributed by atoms with Crippen LogP contribution in [0.15, 0.2) is 64.9 Å². The summed E-state index contributed by atoms with van der Waals surface area (Å²) in [6.45, 7) is 7.81. The number of nitrogens with zero attached hydrogens (tertiary/aromatic N) is 2. The van der Waals surface area contributed by atoms with Crippen LogP contribution in [0.4, 0.5) is 10.5 Å². The second-order valence-electron chi connectivity index (χ2n) is 16.7. The predicted molar refractivity (Wildman–Crippen MR) is 240 cm³/mol. The molecule has 2 aromatic rings. The standard InChI is InChI=1S/C47H61N5O9S/c1-47(2)29-39(53)44(40(54)30-47)36(48-19-17-43(56)52-31-35-11-4-3-9-33(35)15-16-34-10-5-6-12-38(34)52)18-21-58-23-25-60-27-28-61-26-24-59-22-20-49-42(55)14-8-7-13-41-45-37(32-62-41)50-46(57)51-45/h3-6,9-12,37,41,45,53H,7-8,13-14,17-32H2,1-2H3,(H,49,55)(H2,50,51,57)/t37-,41-,45-/m0/s1. The van der Waals surface area contributed by atoms with Crippen molar-refractivity contribution in [2.45, 2.75) is 89.1 Å². The number of ketones is 1. The van der Waals surface area contributed by atoms with Crippen molar-refractivity contribution in [3.63, 3.8) is 0 Å². The number of rotatable bonds is 24. The number of allylic oxidation sites excluding steroid dienone is 2. The molecule has 0 unspecified atom stereocenters. The Kier molecular flexibility index (Phi) is 17.8. The van der Waals surface area contributed by atoms with E-state index in [9.17, 15) is 24.3 Å². The summed E-state index contributed by atoms with van der Waals surface area (Å²) >= 11 is 1.89. The monoisotopic (exact) mass is 871 g/mol. The third-order valence-corrected chi connectivity index (χ3v) is 12.7. The third-order valence-electron chi connectivity index (χ3n) is 11.2. The van der Waals surface area contributed by atoms with E-state index in [0.717, 1.165) is 47.4 Å². The Bertz CT molecular complexity index is 2010. The number of thioether (sulfide) groups is 1. The summed E-state index contributed by atoms with van der Waals surface area (Å²) in [6.07, 6.45) is 4.30. The molecule has 4 aliphatic rings. The van der Waals surface area contributed by atoms with E-state index in [0.29, 0.717) is 96.0 Å². The maximum Gasteiger partial charge on any atom is 0.315 e. The molecule has 62 heavy (non-hydrogen) atoms. The van der Waals surface area contributed by atoms with Gasteiger partial charge in [-0.05, 0) is 42.0 Å². The molecule has 2 saturated heterocycles. The number of aliphatic imine (C=N–C) groups is 1. The number of unbranched alkanes of at least 4 members (excludes halogenated alkanes) is 1. The van der Waals surface area contributed by atoms with E-state index in [2.05, 4.69) is 27.8 Å². The number of aliphatic hydroxyl groups excluding tert-OH is 1. The highest BCUT2D eigenvalue weighted by Crippen LogP contribution is 2.37. The summed E-state index contributed by atoms with van der Waals surface area (Å²) in [6, 6.07) is 15.8. The highest BCUT2D eigenvalue weighted by molar-refractivity contribution is 8.00. The number of benzene rings is 2. The first-order valence-electron chi connectivity index (χ1n) is 21.8. The van der Waals surface area contributed by atoms with E-state index in [-0.39, 0.29) is 72.0 Å². The highest BCUT2D eigenvalue weighted by atomic mass is 32.2. The minimum Gasteiger partial charge on any atom is -0.511 e. The maximum absolute atomic E-state index is 13.8. The Morgan fingerprint density at radius 1 is 0.855 bits per heavy atom. The minimum atomic E-state index is -0.357. The molecule has 0 aromatic heterocycles. The Balaban J connectivity index is 0.834. The first-order chi connectivity index (χ1) is 30.1. The van der Waals surface area contributed by atoms with Crippen LogP contribution >= 0.6 is 11.8 Å². The summed E-state index contributed by atoms with van der Waals surface area (Å²) in [7, 11) is 0. The predicted octanol–water partition coefficient (Wildman–Crippen LogP) is 5.26. The number of para-hydroxylation sites is 1. The second kappa shape index (κ2) is 23.6. The summed E-state index contributed by atoms with van der Waals surface area (Å²) in [5.74, 6) is 7.18. The Morgan fingerprint density at radius 3 is 2.29 bits per heavy atom. The van der Waals surface area contributed by atoms with Gasteiger partial charge in [0.25, 0.3) is 0 Å². The van der Waals surface area contributed by atoms with Gasteiger partial charge in [-0.15, -0.1) is 0 Å². The number of Topliss-reactive ketones (excluding diaryl/α,β-unsaturated/α-hetero) is 1. The van der Waals surface area contributed by atoms with Gasteiger partial charge in [0.2, 0.25) is 11.8 Å². The van der Waals surface area contributed by atoms with E-state index in [1.807, 2.05) is 74.1 Å². The molecule has 15 heteroatoms. The number of nitrogens with one attached hydrogen (secondary N) is 3. The number of amides is 4. The third kappa shape index (κ3) is 13.9. The molecular weight excluding hydrogens is 811 g/mol. The quantitative estimate of drug-likeness (QED) is 0.0471. The van der Waals surface area contributed by atoms with Gasteiger partial charge in [-0.2, -0.15) is 11.8 Å². The van der Waals surface area contributed by atoms with Crippen LogP contribution in [0.25, 0.3) is 0 Å². The highest BCUT2D eigenvalue weighted by Gasteiger charge is 2.42. The van der Waals surface area contributed by atoms with Crippen molar-refractivity contribution in [2.24, 2.45) is 10.4 Å². The van der Waals surface area contributed by atoms with Crippen molar-refractivity contribution in [2.75, 3.05) is 76.6 Å². The van der Waals surface area contributed by atoms with E-state index in [1.54, 1.807) is 4.90 Å². The van der Waals surface area contributed by atoms with Crippen molar-refractivity contribution in [3.8, 4) is 11.8 Å². The summed E-state index contributed by atoms with van der Waals surface area (Å²) < 4.78 is 22.6. The Hall–Kier alpha value is -4.72. The Labute approximate surface area is 369 Å². The molecule has 14 nitrogen and oxygen atoms in total. The lowest BCUT2D eigenvalue weighted by Crippen LogP contribution is -2.36. The number of ether oxygens (including phenoxy) is 4. The van der Waals surface area contributed by atoms with Crippen LogP contribution in [0.1, 0.15) is 81.9 Å². The largest absolute Gasteiger partial charge is 0.511 e.